The Kier molecular flexibility index (Phi) is 5.37. The molecule has 2 aromatic rings. The third-order valence-corrected chi connectivity index (χ3v) is 3.83. The second-order valence-corrected chi connectivity index (χ2v) is 5.95. The normalized spacial score (nSPS) is 10.9. The summed E-state index contributed by atoms with van der Waals surface area (Å²) in [6.07, 6.45) is 1.52. The number of benzene rings is 2. The minimum Gasteiger partial charge on any atom is -0.320 e. The summed E-state index contributed by atoms with van der Waals surface area (Å²) < 4.78 is 0.768. The van der Waals surface area contributed by atoms with Gasteiger partial charge in [-0.1, -0.05) is 29.8 Å². The fraction of sp³-hybridized carbons (Fsp3) is 0.0588. The smallest absolute Gasteiger partial charge is 0.266 e. The molecule has 2 rings (SSSR count). The van der Waals surface area contributed by atoms with Gasteiger partial charge in [-0.3, -0.25) is 4.79 Å². The van der Waals surface area contributed by atoms with Crippen molar-refractivity contribution in [2.45, 2.75) is 6.92 Å². The van der Waals surface area contributed by atoms with Gasteiger partial charge in [0.1, 0.15) is 11.6 Å². The van der Waals surface area contributed by atoms with E-state index in [1.54, 1.807) is 30.3 Å². The quantitative estimate of drug-likeness (QED) is 0.609. The van der Waals surface area contributed by atoms with Crippen LogP contribution in [0.15, 0.2) is 52.5 Å². The van der Waals surface area contributed by atoms with E-state index in [2.05, 4.69) is 21.2 Å². The van der Waals surface area contributed by atoms with Crippen molar-refractivity contribution >= 4 is 45.2 Å². The highest BCUT2D eigenvalue weighted by molar-refractivity contribution is 9.10. The lowest BCUT2D eigenvalue weighted by Crippen LogP contribution is -2.13. The molecule has 0 aliphatic heterocycles. The van der Waals surface area contributed by atoms with Crippen LogP contribution in [0.1, 0.15) is 11.1 Å². The van der Waals surface area contributed by atoms with Gasteiger partial charge in [-0.25, -0.2) is 0 Å². The van der Waals surface area contributed by atoms with Crippen molar-refractivity contribution < 1.29 is 4.79 Å². The van der Waals surface area contributed by atoms with E-state index in [4.69, 9.17) is 11.6 Å². The fourth-order valence-electron chi connectivity index (χ4n) is 1.79. The van der Waals surface area contributed by atoms with Gasteiger partial charge in [0.05, 0.1) is 5.69 Å². The number of hydrogen-bond acceptors (Lipinski definition) is 2. The average molecular weight is 376 g/mol. The number of anilines is 1. The Morgan fingerprint density at radius 2 is 1.95 bits per heavy atom. The predicted octanol–water partition coefficient (Wildman–Crippen LogP) is 4.96. The number of carbonyl (C=O) groups is 1. The molecule has 0 fully saturated rings. The van der Waals surface area contributed by atoms with Gasteiger partial charge in [0.15, 0.2) is 0 Å². The Bertz CT molecular complexity index is 776. The number of aryl methyl sites for hydroxylation is 1. The number of nitrogens with one attached hydrogen (secondary N) is 1. The van der Waals surface area contributed by atoms with Crippen LogP contribution in [0.5, 0.6) is 0 Å². The molecule has 5 heteroatoms. The molecule has 0 aromatic heterocycles. The predicted molar refractivity (Wildman–Crippen MR) is 92.6 cm³/mol. The van der Waals surface area contributed by atoms with E-state index in [-0.39, 0.29) is 5.57 Å². The molecule has 1 N–H and O–H groups in total. The van der Waals surface area contributed by atoms with Crippen molar-refractivity contribution in [2.24, 2.45) is 0 Å². The van der Waals surface area contributed by atoms with E-state index < -0.39 is 5.91 Å². The van der Waals surface area contributed by atoms with Crippen LogP contribution in [0.25, 0.3) is 6.08 Å². The van der Waals surface area contributed by atoms with E-state index in [0.717, 1.165) is 15.6 Å². The molecule has 0 unspecified atom stereocenters. The first-order chi connectivity index (χ1) is 10.5. The number of amides is 1. The second kappa shape index (κ2) is 7.26. The molecule has 1 amide bonds. The summed E-state index contributed by atoms with van der Waals surface area (Å²) in [5, 5.41) is 12.5. The van der Waals surface area contributed by atoms with Crippen molar-refractivity contribution in [3.63, 3.8) is 0 Å². The first-order valence-electron chi connectivity index (χ1n) is 6.44. The first kappa shape index (κ1) is 16.3. The van der Waals surface area contributed by atoms with E-state index in [0.29, 0.717) is 10.7 Å². The van der Waals surface area contributed by atoms with Crippen molar-refractivity contribution in [1.82, 2.24) is 0 Å². The van der Waals surface area contributed by atoms with E-state index in [9.17, 15) is 10.1 Å². The standard InChI is InChI=1S/C17H12BrClN2O/c1-11-2-7-16(15(18)8-11)21-17(22)13(10-20)9-12-3-5-14(19)6-4-12/h2-9H,1H3,(H,21,22)/b13-9+. The van der Waals surface area contributed by atoms with Gasteiger partial charge in [0.2, 0.25) is 0 Å². The van der Waals surface area contributed by atoms with Gasteiger partial charge in [-0.05, 0) is 64.3 Å². The van der Waals surface area contributed by atoms with Gasteiger partial charge < -0.3 is 5.32 Å². The molecule has 2 aromatic carbocycles. The van der Waals surface area contributed by atoms with Crippen LogP contribution in [-0.2, 0) is 4.79 Å². The Labute approximate surface area is 142 Å². The summed E-state index contributed by atoms with van der Waals surface area (Å²) in [6.45, 7) is 1.96. The monoisotopic (exact) mass is 374 g/mol. The molecule has 0 heterocycles. The lowest BCUT2D eigenvalue weighted by atomic mass is 10.1. The van der Waals surface area contributed by atoms with Crippen LogP contribution in [0.4, 0.5) is 5.69 Å². The first-order valence-corrected chi connectivity index (χ1v) is 7.61. The van der Waals surface area contributed by atoms with Crippen molar-refractivity contribution in [1.29, 1.82) is 5.26 Å². The molecule has 0 saturated carbocycles. The maximum atomic E-state index is 12.2. The molecule has 0 atom stereocenters. The molecule has 22 heavy (non-hydrogen) atoms. The summed E-state index contributed by atoms with van der Waals surface area (Å²) in [5.41, 5.74) is 2.45. The number of carbonyl (C=O) groups excluding carboxylic acids is 1. The Morgan fingerprint density at radius 3 is 2.55 bits per heavy atom. The van der Waals surface area contributed by atoms with Crippen LogP contribution < -0.4 is 5.32 Å². The Balaban J connectivity index is 2.22. The zero-order valence-electron chi connectivity index (χ0n) is 11.7. The van der Waals surface area contributed by atoms with Crippen LogP contribution in [0.3, 0.4) is 0 Å². The summed E-state index contributed by atoms with van der Waals surface area (Å²) in [6, 6.07) is 14.4. The van der Waals surface area contributed by atoms with E-state index in [1.807, 2.05) is 25.1 Å². The molecule has 0 saturated heterocycles. The van der Waals surface area contributed by atoms with Crippen molar-refractivity contribution in [3.8, 4) is 6.07 Å². The van der Waals surface area contributed by atoms with Gasteiger partial charge in [-0.15, -0.1) is 0 Å². The summed E-state index contributed by atoms with van der Waals surface area (Å²) >= 11 is 9.20. The molecule has 0 aliphatic carbocycles. The van der Waals surface area contributed by atoms with Gasteiger partial charge in [-0.2, -0.15) is 5.26 Å². The minimum absolute atomic E-state index is 0.0230. The number of hydrogen-bond donors (Lipinski definition) is 1. The minimum atomic E-state index is -0.456. The topological polar surface area (TPSA) is 52.9 Å². The molecular formula is C17H12BrClN2O. The zero-order chi connectivity index (χ0) is 16.1. The molecule has 110 valence electrons. The highest BCUT2D eigenvalue weighted by atomic mass is 79.9. The van der Waals surface area contributed by atoms with Crippen LogP contribution in [0.2, 0.25) is 5.02 Å². The summed E-state index contributed by atoms with van der Waals surface area (Å²) in [4.78, 5) is 12.2. The fourth-order valence-corrected chi connectivity index (χ4v) is 2.50. The Morgan fingerprint density at radius 1 is 1.27 bits per heavy atom. The molecule has 3 nitrogen and oxygen atoms in total. The second-order valence-electron chi connectivity index (χ2n) is 4.66. The molecule has 0 radical (unpaired) electrons. The van der Waals surface area contributed by atoms with E-state index >= 15 is 0 Å². The number of nitrogens with zero attached hydrogens (tertiary/aromatic N) is 1. The molecule has 0 spiro atoms. The van der Waals surface area contributed by atoms with Crippen LogP contribution in [-0.4, -0.2) is 5.91 Å². The van der Waals surface area contributed by atoms with Crippen molar-refractivity contribution in [2.75, 3.05) is 5.32 Å². The lowest BCUT2D eigenvalue weighted by molar-refractivity contribution is -0.112. The lowest BCUT2D eigenvalue weighted by Gasteiger charge is -2.07. The zero-order valence-corrected chi connectivity index (χ0v) is 14.1. The number of nitriles is 1. The van der Waals surface area contributed by atoms with Crippen LogP contribution >= 0.6 is 27.5 Å². The Hall–Kier alpha value is -2.09. The average Bonchev–Trinajstić information content (AvgIpc) is 2.49. The van der Waals surface area contributed by atoms with Gasteiger partial charge in [0, 0.05) is 9.50 Å². The SMILES string of the molecule is Cc1ccc(NC(=O)/C(C#N)=C/c2ccc(Cl)cc2)c(Br)c1. The maximum absolute atomic E-state index is 12.2. The number of halogens is 2. The van der Waals surface area contributed by atoms with Crippen molar-refractivity contribution in [3.05, 3.63) is 68.7 Å². The summed E-state index contributed by atoms with van der Waals surface area (Å²) in [7, 11) is 0. The highest BCUT2D eigenvalue weighted by Crippen LogP contribution is 2.24. The molecule has 0 bridgehead atoms. The maximum Gasteiger partial charge on any atom is 0.266 e. The van der Waals surface area contributed by atoms with Gasteiger partial charge >= 0.3 is 0 Å². The molecular weight excluding hydrogens is 364 g/mol. The summed E-state index contributed by atoms with van der Waals surface area (Å²) in [5.74, 6) is -0.456. The third kappa shape index (κ3) is 4.20. The number of rotatable bonds is 3. The van der Waals surface area contributed by atoms with Gasteiger partial charge in [0.25, 0.3) is 5.91 Å². The van der Waals surface area contributed by atoms with E-state index in [1.165, 1.54) is 6.08 Å². The third-order valence-electron chi connectivity index (χ3n) is 2.92. The highest BCUT2D eigenvalue weighted by Gasteiger charge is 2.11. The largest absolute Gasteiger partial charge is 0.320 e. The molecule has 0 aliphatic rings. The van der Waals surface area contributed by atoms with Crippen LogP contribution in [0, 0.1) is 18.3 Å².